The lowest BCUT2D eigenvalue weighted by Gasteiger charge is -2.22. The number of unbranched alkanes of at least 4 members (excludes halogenated alkanes) is 6. The molecular formula is C18H34O3. The molecule has 3 nitrogen and oxygen atoms in total. The van der Waals surface area contributed by atoms with Gasteiger partial charge < -0.3 is 10.2 Å². The van der Waals surface area contributed by atoms with E-state index in [1.807, 2.05) is 0 Å². The fraction of sp³-hybridized carbons (Fsp3) is 0.944. The Bertz CT molecular complexity index is 278. The zero-order chi connectivity index (χ0) is 15.5. The van der Waals surface area contributed by atoms with Crippen molar-refractivity contribution >= 4 is 5.97 Å². The Hall–Kier alpha value is -0.570. The van der Waals surface area contributed by atoms with Crippen molar-refractivity contribution in [3.8, 4) is 0 Å². The van der Waals surface area contributed by atoms with Crippen LogP contribution in [0.1, 0.15) is 90.4 Å². The highest BCUT2D eigenvalue weighted by molar-refractivity contribution is 5.66. The molecule has 0 aliphatic heterocycles. The van der Waals surface area contributed by atoms with Crippen molar-refractivity contribution in [2.75, 3.05) is 0 Å². The second kappa shape index (κ2) is 11.1. The monoisotopic (exact) mass is 298 g/mol. The molecule has 0 bridgehead atoms. The average Bonchev–Trinajstić information content (AvgIpc) is 2.79. The van der Waals surface area contributed by atoms with Gasteiger partial charge in [0, 0.05) is 6.42 Å². The minimum Gasteiger partial charge on any atom is -0.481 e. The van der Waals surface area contributed by atoms with Crippen LogP contribution in [0.25, 0.3) is 0 Å². The molecule has 1 aliphatic carbocycles. The molecule has 0 radical (unpaired) electrons. The average molecular weight is 298 g/mol. The third-order valence-corrected chi connectivity index (χ3v) is 5.04. The van der Waals surface area contributed by atoms with Crippen LogP contribution in [0.3, 0.4) is 0 Å². The van der Waals surface area contributed by atoms with Crippen molar-refractivity contribution in [3.05, 3.63) is 0 Å². The summed E-state index contributed by atoms with van der Waals surface area (Å²) in [6.07, 6.45) is 14.2. The number of carbonyl (C=O) groups is 1. The molecule has 0 amide bonds. The van der Waals surface area contributed by atoms with Crippen LogP contribution in [-0.2, 0) is 4.79 Å². The molecule has 3 heteroatoms. The molecule has 124 valence electrons. The highest BCUT2D eigenvalue weighted by Gasteiger charge is 2.33. The van der Waals surface area contributed by atoms with Gasteiger partial charge in [0.2, 0.25) is 0 Å². The number of aliphatic carboxylic acids is 1. The first-order valence-electron chi connectivity index (χ1n) is 9.05. The van der Waals surface area contributed by atoms with Crippen molar-refractivity contribution in [1.29, 1.82) is 0 Å². The van der Waals surface area contributed by atoms with E-state index in [0.29, 0.717) is 12.3 Å². The number of aliphatic hydroxyl groups is 1. The molecule has 0 saturated heterocycles. The highest BCUT2D eigenvalue weighted by Crippen LogP contribution is 2.38. The summed E-state index contributed by atoms with van der Waals surface area (Å²) >= 11 is 0. The summed E-state index contributed by atoms with van der Waals surface area (Å²) in [6, 6.07) is 0. The topological polar surface area (TPSA) is 57.5 Å². The van der Waals surface area contributed by atoms with E-state index < -0.39 is 5.97 Å². The van der Waals surface area contributed by atoms with E-state index in [-0.39, 0.29) is 6.10 Å². The maximum absolute atomic E-state index is 10.4. The molecule has 1 fully saturated rings. The van der Waals surface area contributed by atoms with Crippen molar-refractivity contribution in [2.24, 2.45) is 11.8 Å². The Labute approximate surface area is 130 Å². The third kappa shape index (κ3) is 7.85. The first-order chi connectivity index (χ1) is 10.1. The zero-order valence-electron chi connectivity index (χ0n) is 13.7. The van der Waals surface area contributed by atoms with E-state index in [9.17, 15) is 9.90 Å². The van der Waals surface area contributed by atoms with Crippen LogP contribution in [-0.4, -0.2) is 22.3 Å². The van der Waals surface area contributed by atoms with Gasteiger partial charge in [0.25, 0.3) is 0 Å². The minimum absolute atomic E-state index is 0.0832. The molecule has 0 spiro atoms. The SMILES string of the molecule is CCCCCC[C@H]1CC[C@@H](O)[C@@H]1CCCCCCC(=O)O. The Balaban J connectivity index is 2.13. The van der Waals surface area contributed by atoms with Crippen LogP contribution < -0.4 is 0 Å². The molecule has 0 heterocycles. The number of carboxylic acids is 1. The molecular weight excluding hydrogens is 264 g/mol. The number of hydrogen-bond donors (Lipinski definition) is 2. The van der Waals surface area contributed by atoms with Gasteiger partial charge in [-0.25, -0.2) is 0 Å². The van der Waals surface area contributed by atoms with Gasteiger partial charge in [0.1, 0.15) is 0 Å². The molecule has 0 unspecified atom stereocenters. The first kappa shape index (κ1) is 18.5. The third-order valence-electron chi connectivity index (χ3n) is 5.04. The quantitative estimate of drug-likeness (QED) is 0.510. The molecule has 3 atom stereocenters. The summed E-state index contributed by atoms with van der Waals surface area (Å²) in [6.45, 7) is 2.24. The summed E-state index contributed by atoms with van der Waals surface area (Å²) in [4.78, 5) is 10.4. The molecule has 1 saturated carbocycles. The van der Waals surface area contributed by atoms with E-state index in [0.717, 1.165) is 44.4 Å². The van der Waals surface area contributed by atoms with Crippen LogP contribution in [0.15, 0.2) is 0 Å². The second-order valence-electron chi connectivity index (χ2n) is 6.76. The van der Waals surface area contributed by atoms with E-state index >= 15 is 0 Å². The summed E-state index contributed by atoms with van der Waals surface area (Å²) in [5, 5.41) is 18.8. The van der Waals surface area contributed by atoms with Crippen LogP contribution in [0.2, 0.25) is 0 Å². The summed E-state index contributed by atoms with van der Waals surface area (Å²) < 4.78 is 0. The summed E-state index contributed by atoms with van der Waals surface area (Å²) in [7, 11) is 0. The van der Waals surface area contributed by atoms with Crippen molar-refractivity contribution in [2.45, 2.75) is 96.5 Å². The Morgan fingerprint density at radius 1 is 0.952 bits per heavy atom. The van der Waals surface area contributed by atoms with E-state index in [1.165, 1.54) is 38.5 Å². The largest absolute Gasteiger partial charge is 0.481 e. The molecule has 21 heavy (non-hydrogen) atoms. The van der Waals surface area contributed by atoms with Gasteiger partial charge in [-0.05, 0) is 37.5 Å². The molecule has 1 aliphatic rings. The fourth-order valence-corrected chi connectivity index (χ4v) is 3.76. The number of hydrogen-bond acceptors (Lipinski definition) is 2. The van der Waals surface area contributed by atoms with E-state index in [1.54, 1.807) is 0 Å². The van der Waals surface area contributed by atoms with Gasteiger partial charge in [-0.15, -0.1) is 0 Å². The van der Waals surface area contributed by atoms with Gasteiger partial charge in [-0.3, -0.25) is 4.79 Å². The predicted octanol–water partition coefficient (Wildman–Crippen LogP) is 4.77. The second-order valence-corrected chi connectivity index (χ2v) is 6.76. The van der Waals surface area contributed by atoms with Crippen LogP contribution in [0.4, 0.5) is 0 Å². The number of rotatable bonds is 12. The maximum Gasteiger partial charge on any atom is 0.303 e. The van der Waals surface area contributed by atoms with Gasteiger partial charge >= 0.3 is 5.97 Å². The van der Waals surface area contributed by atoms with Crippen molar-refractivity contribution in [3.63, 3.8) is 0 Å². The summed E-state index contributed by atoms with van der Waals surface area (Å²) in [5.74, 6) is 0.551. The van der Waals surface area contributed by atoms with Gasteiger partial charge in [-0.1, -0.05) is 58.3 Å². The highest BCUT2D eigenvalue weighted by atomic mass is 16.4. The Morgan fingerprint density at radius 2 is 1.62 bits per heavy atom. The zero-order valence-corrected chi connectivity index (χ0v) is 13.7. The molecule has 1 rings (SSSR count). The molecule has 0 aromatic carbocycles. The number of carboxylic acid groups (broad SMARTS) is 1. The molecule has 2 N–H and O–H groups in total. The smallest absolute Gasteiger partial charge is 0.303 e. The van der Waals surface area contributed by atoms with Crippen LogP contribution in [0.5, 0.6) is 0 Å². The Kier molecular flexibility index (Phi) is 9.73. The lowest BCUT2D eigenvalue weighted by atomic mass is 9.86. The van der Waals surface area contributed by atoms with Crippen LogP contribution >= 0.6 is 0 Å². The van der Waals surface area contributed by atoms with Crippen LogP contribution in [0, 0.1) is 11.8 Å². The first-order valence-corrected chi connectivity index (χ1v) is 9.05. The van der Waals surface area contributed by atoms with Gasteiger partial charge in [0.05, 0.1) is 6.10 Å². The van der Waals surface area contributed by atoms with Crippen molar-refractivity contribution < 1.29 is 15.0 Å². The minimum atomic E-state index is -0.687. The number of aliphatic hydroxyl groups excluding tert-OH is 1. The fourth-order valence-electron chi connectivity index (χ4n) is 3.76. The lowest BCUT2D eigenvalue weighted by molar-refractivity contribution is -0.137. The van der Waals surface area contributed by atoms with Gasteiger partial charge in [-0.2, -0.15) is 0 Å². The maximum atomic E-state index is 10.4. The molecule has 0 aromatic heterocycles. The van der Waals surface area contributed by atoms with Gasteiger partial charge in [0.15, 0.2) is 0 Å². The van der Waals surface area contributed by atoms with E-state index in [2.05, 4.69) is 6.92 Å². The normalized spacial score (nSPS) is 25.3. The molecule has 0 aromatic rings. The predicted molar refractivity (Wildman–Crippen MR) is 86.3 cm³/mol. The van der Waals surface area contributed by atoms with Crippen molar-refractivity contribution in [1.82, 2.24) is 0 Å². The lowest BCUT2D eigenvalue weighted by Crippen LogP contribution is -2.19. The Morgan fingerprint density at radius 3 is 2.33 bits per heavy atom. The standard InChI is InChI=1S/C18H34O3/c1-2-3-4-7-10-15-13-14-17(19)16(15)11-8-5-6-9-12-18(20)21/h15-17,19H,2-14H2,1H3,(H,20,21)/t15-,16+,17+/m0/s1. The summed E-state index contributed by atoms with van der Waals surface area (Å²) in [5.41, 5.74) is 0. The van der Waals surface area contributed by atoms with E-state index in [4.69, 9.17) is 5.11 Å².